The van der Waals surface area contributed by atoms with Crippen LogP contribution in [0.3, 0.4) is 0 Å². The van der Waals surface area contributed by atoms with Crippen molar-refractivity contribution in [3.8, 4) is 5.75 Å². The van der Waals surface area contributed by atoms with Gasteiger partial charge in [0, 0.05) is 17.3 Å². The van der Waals surface area contributed by atoms with Crippen LogP contribution in [0.2, 0.25) is 0 Å². The largest absolute Gasteiger partial charge is 0.506 e. The van der Waals surface area contributed by atoms with Crippen LogP contribution in [0.1, 0.15) is 16.8 Å². The lowest BCUT2D eigenvalue weighted by atomic mass is 10.1. The normalized spacial score (nSPS) is 10.9. The average Bonchev–Trinajstić information content (AvgIpc) is 2.12. The zero-order valence-corrected chi connectivity index (χ0v) is 7.10. The molecule has 1 aromatic heterocycles. The lowest BCUT2D eigenvalue weighted by Crippen LogP contribution is -1.97. The number of nitrogens with zero attached hydrogens (tertiary/aromatic N) is 2. The van der Waals surface area contributed by atoms with E-state index in [-0.39, 0.29) is 12.4 Å². The molecule has 0 saturated carbocycles. The van der Waals surface area contributed by atoms with Gasteiger partial charge in [0.05, 0.1) is 18.5 Å². The van der Waals surface area contributed by atoms with Crippen LogP contribution in [0.4, 0.5) is 0 Å². The fraction of sp³-hybridized carbons (Fsp3) is 0.250. The lowest BCUT2D eigenvalue weighted by molar-refractivity contribution is 0.274. The van der Waals surface area contributed by atoms with Gasteiger partial charge in [0.2, 0.25) is 0 Å². The topological polar surface area (TPSA) is 85.9 Å². The van der Waals surface area contributed by atoms with Crippen molar-refractivity contribution in [1.82, 2.24) is 4.98 Å². The minimum atomic E-state index is -0.323. The maximum atomic E-state index is 9.44. The molecule has 0 amide bonds. The summed E-state index contributed by atoms with van der Waals surface area (Å²) in [6.07, 6.45) is 2.53. The highest BCUT2D eigenvalue weighted by Crippen LogP contribution is 2.22. The summed E-state index contributed by atoms with van der Waals surface area (Å²) in [5.41, 5.74) is 1.14. The van der Waals surface area contributed by atoms with Gasteiger partial charge in [-0.25, -0.2) is 0 Å². The Kier molecular flexibility index (Phi) is 2.81. The smallest absolute Gasteiger partial charge is 0.142 e. The van der Waals surface area contributed by atoms with E-state index in [9.17, 15) is 5.11 Å². The van der Waals surface area contributed by atoms with Gasteiger partial charge in [0.25, 0.3) is 0 Å². The Hall–Kier alpha value is -1.62. The molecule has 0 radical (unpaired) electrons. The first-order valence-corrected chi connectivity index (χ1v) is 3.66. The third kappa shape index (κ3) is 1.75. The van der Waals surface area contributed by atoms with Crippen molar-refractivity contribution >= 4 is 6.21 Å². The van der Waals surface area contributed by atoms with Crippen LogP contribution in [-0.2, 0) is 6.61 Å². The number of hydrogen-bond acceptors (Lipinski definition) is 5. The Morgan fingerprint density at radius 2 is 2.31 bits per heavy atom. The van der Waals surface area contributed by atoms with Crippen LogP contribution in [0.5, 0.6) is 5.75 Å². The van der Waals surface area contributed by atoms with Crippen molar-refractivity contribution < 1.29 is 15.4 Å². The summed E-state index contributed by atoms with van der Waals surface area (Å²) in [5, 5.41) is 29.4. The van der Waals surface area contributed by atoms with Gasteiger partial charge in [0.15, 0.2) is 0 Å². The lowest BCUT2D eigenvalue weighted by Gasteiger charge is -2.06. The number of aliphatic hydroxyl groups excluding tert-OH is 1. The molecule has 1 rings (SSSR count). The summed E-state index contributed by atoms with van der Waals surface area (Å²) >= 11 is 0. The van der Waals surface area contributed by atoms with Gasteiger partial charge in [-0.15, -0.1) is 0 Å². The van der Waals surface area contributed by atoms with Crippen molar-refractivity contribution in [1.29, 1.82) is 0 Å². The number of aromatic hydroxyl groups is 1. The van der Waals surface area contributed by atoms with E-state index >= 15 is 0 Å². The second-order valence-corrected chi connectivity index (χ2v) is 2.53. The number of aliphatic hydroxyl groups is 1. The molecule has 0 spiro atoms. The molecule has 0 aliphatic heterocycles. The molecule has 0 aliphatic carbocycles. The van der Waals surface area contributed by atoms with E-state index in [1.54, 1.807) is 6.92 Å². The fourth-order valence-electron chi connectivity index (χ4n) is 1.00. The van der Waals surface area contributed by atoms with E-state index in [0.717, 1.165) is 6.21 Å². The number of aromatic nitrogens is 1. The molecule has 0 saturated heterocycles. The number of pyridine rings is 1. The van der Waals surface area contributed by atoms with Gasteiger partial charge in [-0.1, -0.05) is 5.16 Å². The van der Waals surface area contributed by atoms with E-state index < -0.39 is 0 Å². The summed E-state index contributed by atoms with van der Waals surface area (Å²) in [6, 6.07) is 0. The molecule has 70 valence electrons. The quantitative estimate of drug-likeness (QED) is 0.351. The van der Waals surface area contributed by atoms with Crippen LogP contribution < -0.4 is 0 Å². The van der Waals surface area contributed by atoms with Gasteiger partial charge < -0.3 is 15.4 Å². The predicted molar refractivity (Wildman–Crippen MR) is 45.9 cm³/mol. The monoisotopic (exact) mass is 182 g/mol. The molecule has 3 N–H and O–H groups in total. The van der Waals surface area contributed by atoms with E-state index in [1.165, 1.54) is 6.20 Å². The molecule has 5 heteroatoms. The zero-order chi connectivity index (χ0) is 9.84. The first-order chi connectivity index (χ1) is 6.20. The van der Waals surface area contributed by atoms with Crippen LogP contribution in [0.15, 0.2) is 11.4 Å². The minimum Gasteiger partial charge on any atom is -0.506 e. The van der Waals surface area contributed by atoms with Crippen molar-refractivity contribution in [3.05, 3.63) is 23.0 Å². The number of hydrogen-bond donors (Lipinski definition) is 3. The summed E-state index contributed by atoms with van der Waals surface area (Å²) in [4.78, 5) is 3.84. The van der Waals surface area contributed by atoms with E-state index in [4.69, 9.17) is 10.3 Å². The molecule has 0 atom stereocenters. The zero-order valence-electron chi connectivity index (χ0n) is 7.10. The molecule has 0 aromatic carbocycles. The molecule has 0 aliphatic rings. The van der Waals surface area contributed by atoms with Crippen LogP contribution in [0, 0.1) is 6.92 Å². The van der Waals surface area contributed by atoms with Crippen molar-refractivity contribution in [2.75, 3.05) is 0 Å². The molecule has 0 bridgehead atoms. The van der Waals surface area contributed by atoms with Crippen molar-refractivity contribution in [2.24, 2.45) is 5.16 Å². The third-order valence-corrected chi connectivity index (χ3v) is 1.73. The molecule has 0 fully saturated rings. The van der Waals surface area contributed by atoms with Gasteiger partial charge in [-0.2, -0.15) is 0 Å². The highest BCUT2D eigenvalue weighted by Gasteiger charge is 2.08. The summed E-state index contributed by atoms with van der Waals surface area (Å²) in [7, 11) is 0. The SMILES string of the molecule is Cc1ncc(/C=N/O)c(CO)c1O. The van der Waals surface area contributed by atoms with Gasteiger partial charge in [0.1, 0.15) is 5.75 Å². The molecule has 1 heterocycles. The Morgan fingerprint density at radius 3 is 2.85 bits per heavy atom. The Labute approximate surface area is 75.0 Å². The molecular formula is C8H10N2O3. The van der Waals surface area contributed by atoms with Crippen molar-refractivity contribution in [2.45, 2.75) is 13.5 Å². The molecular weight excluding hydrogens is 172 g/mol. The maximum Gasteiger partial charge on any atom is 0.142 e. The van der Waals surface area contributed by atoms with Gasteiger partial charge in [-0.3, -0.25) is 4.98 Å². The van der Waals surface area contributed by atoms with E-state index in [0.29, 0.717) is 16.8 Å². The second kappa shape index (κ2) is 3.86. The molecule has 5 nitrogen and oxygen atoms in total. The number of aryl methyl sites for hydroxylation is 1. The first kappa shape index (κ1) is 9.47. The number of oxime groups is 1. The fourth-order valence-corrected chi connectivity index (χ4v) is 1.00. The summed E-state index contributed by atoms with van der Waals surface area (Å²) in [5.74, 6) is -0.0695. The highest BCUT2D eigenvalue weighted by molar-refractivity contribution is 5.81. The van der Waals surface area contributed by atoms with Gasteiger partial charge in [-0.05, 0) is 6.92 Å². The second-order valence-electron chi connectivity index (χ2n) is 2.53. The van der Waals surface area contributed by atoms with Crippen molar-refractivity contribution in [3.63, 3.8) is 0 Å². The van der Waals surface area contributed by atoms with Crippen LogP contribution in [-0.4, -0.2) is 26.6 Å². The molecule has 1 aromatic rings. The minimum absolute atomic E-state index is 0.0695. The Bertz CT molecular complexity index is 336. The summed E-state index contributed by atoms with van der Waals surface area (Å²) in [6.45, 7) is 1.30. The Balaban J connectivity index is 3.29. The molecule has 13 heavy (non-hydrogen) atoms. The van der Waals surface area contributed by atoms with Crippen LogP contribution >= 0.6 is 0 Å². The van der Waals surface area contributed by atoms with E-state index in [2.05, 4.69) is 10.1 Å². The van der Waals surface area contributed by atoms with Gasteiger partial charge >= 0.3 is 0 Å². The number of rotatable bonds is 2. The summed E-state index contributed by atoms with van der Waals surface area (Å²) < 4.78 is 0. The average molecular weight is 182 g/mol. The standard InChI is InChI=1S/C8H10N2O3/c1-5-8(12)7(4-11)6(2-9-5)3-10-13/h2-3,11-13H,4H2,1H3/b10-3+. The third-order valence-electron chi connectivity index (χ3n) is 1.73. The highest BCUT2D eigenvalue weighted by atomic mass is 16.4. The Morgan fingerprint density at radius 1 is 1.62 bits per heavy atom. The molecule has 0 unspecified atom stereocenters. The van der Waals surface area contributed by atoms with Crippen LogP contribution in [0.25, 0.3) is 0 Å². The van der Waals surface area contributed by atoms with E-state index in [1.807, 2.05) is 0 Å². The maximum absolute atomic E-state index is 9.44. The first-order valence-electron chi connectivity index (χ1n) is 3.66. The predicted octanol–water partition coefficient (Wildman–Crippen LogP) is 0.396.